The smallest absolute Gasteiger partial charge is 0.269 e. The number of non-ortho nitro benzene ring substituents is 1. The summed E-state index contributed by atoms with van der Waals surface area (Å²) in [7, 11) is 0. The first-order valence-corrected chi connectivity index (χ1v) is 8.65. The van der Waals surface area contributed by atoms with Crippen molar-refractivity contribution in [2.75, 3.05) is 0 Å². The second-order valence-electron chi connectivity index (χ2n) is 6.39. The predicted molar refractivity (Wildman–Crippen MR) is 106 cm³/mol. The first-order valence-electron chi connectivity index (χ1n) is 8.65. The molecule has 7 nitrogen and oxygen atoms in total. The van der Waals surface area contributed by atoms with Gasteiger partial charge in [0.25, 0.3) is 5.69 Å². The van der Waals surface area contributed by atoms with E-state index in [-0.39, 0.29) is 18.0 Å². The molecule has 0 radical (unpaired) electrons. The Morgan fingerprint density at radius 2 is 1.86 bits per heavy atom. The Hall–Kier alpha value is -3.74. The first kappa shape index (κ1) is 19.0. The van der Waals surface area contributed by atoms with Gasteiger partial charge in [-0.3, -0.25) is 14.9 Å². The minimum atomic E-state index is -0.454. The van der Waals surface area contributed by atoms with Crippen LogP contribution in [-0.2, 0) is 11.2 Å². The van der Waals surface area contributed by atoms with E-state index in [9.17, 15) is 14.9 Å². The Bertz CT molecular complexity index is 1040. The van der Waals surface area contributed by atoms with E-state index >= 15 is 0 Å². The Labute approximate surface area is 161 Å². The zero-order valence-electron chi connectivity index (χ0n) is 15.5. The Kier molecular flexibility index (Phi) is 5.64. The maximum atomic E-state index is 12.0. The van der Waals surface area contributed by atoms with Gasteiger partial charge < -0.3 is 4.42 Å². The number of hydrogen-bond acceptors (Lipinski definition) is 5. The van der Waals surface area contributed by atoms with Gasteiger partial charge in [0.15, 0.2) is 0 Å². The molecule has 0 saturated carbocycles. The molecule has 1 N–H and O–H groups in total. The molecule has 0 aliphatic carbocycles. The largest absolute Gasteiger partial charge is 0.455 e. The van der Waals surface area contributed by atoms with E-state index in [4.69, 9.17) is 4.42 Å². The topological polar surface area (TPSA) is 97.7 Å². The Morgan fingerprint density at radius 1 is 1.11 bits per heavy atom. The third-order valence-corrected chi connectivity index (χ3v) is 4.31. The average molecular weight is 377 g/mol. The van der Waals surface area contributed by atoms with Crippen molar-refractivity contribution in [2.24, 2.45) is 5.10 Å². The van der Waals surface area contributed by atoms with Crippen LogP contribution in [-0.4, -0.2) is 17.0 Å². The minimum absolute atomic E-state index is 0.0172. The van der Waals surface area contributed by atoms with Gasteiger partial charge in [-0.2, -0.15) is 5.10 Å². The van der Waals surface area contributed by atoms with E-state index in [2.05, 4.69) is 10.5 Å². The quantitative estimate of drug-likeness (QED) is 0.396. The van der Waals surface area contributed by atoms with Crippen LogP contribution >= 0.6 is 0 Å². The molecule has 0 saturated heterocycles. The summed E-state index contributed by atoms with van der Waals surface area (Å²) in [6.45, 7) is 4.03. The lowest BCUT2D eigenvalue weighted by molar-refractivity contribution is -0.384. The minimum Gasteiger partial charge on any atom is -0.455 e. The van der Waals surface area contributed by atoms with Crippen LogP contribution < -0.4 is 5.43 Å². The summed E-state index contributed by atoms with van der Waals surface area (Å²) in [6, 6.07) is 15.4. The highest BCUT2D eigenvalue weighted by Gasteiger charge is 2.08. The number of hydrazone groups is 1. The summed E-state index contributed by atoms with van der Waals surface area (Å²) in [5.74, 6) is 0.791. The molecular weight excluding hydrogens is 358 g/mol. The molecule has 0 bridgehead atoms. The highest BCUT2D eigenvalue weighted by atomic mass is 16.6. The fourth-order valence-corrected chi connectivity index (χ4v) is 2.63. The molecule has 0 aliphatic rings. The standard InChI is InChI=1S/C21H19N3O4/c1-14-3-4-16(11-15(14)2)12-21(25)23-22-13-19-9-10-20(28-19)17-5-7-18(8-6-17)24(26)27/h3-11,13H,12H2,1-2H3,(H,23,25)/b22-13-. The summed E-state index contributed by atoms with van der Waals surface area (Å²) < 4.78 is 5.63. The molecule has 1 aromatic heterocycles. The Balaban J connectivity index is 1.58. The summed E-state index contributed by atoms with van der Waals surface area (Å²) in [4.78, 5) is 22.3. The molecule has 1 amide bonds. The number of furan rings is 1. The van der Waals surface area contributed by atoms with Crippen molar-refractivity contribution in [3.8, 4) is 11.3 Å². The van der Waals surface area contributed by atoms with Gasteiger partial charge in [0.2, 0.25) is 5.91 Å². The Morgan fingerprint density at radius 3 is 2.54 bits per heavy atom. The average Bonchev–Trinajstić information content (AvgIpc) is 3.14. The molecule has 0 spiro atoms. The molecule has 3 rings (SSSR count). The van der Waals surface area contributed by atoms with Gasteiger partial charge in [0, 0.05) is 17.7 Å². The van der Waals surface area contributed by atoms with Crippen molar-refractivity contribution < 1.29 is 14.1 Å². The summed E-state index contributed by atoms with van der Waals surface area (Å²) >= 11 is 0. The highest BCUT2D eigenvalue weighted by Crippen LogP contribution is 2.24. The number of amides is 1. The zero-order valence-corrected chi connectivity index (χ0v) is 15.5. The zero-order chi connectivity index (χ0) is 20.1. The molecule has 0 unspecified atom stereocenters. The third-order valence-electron chi connectivity index (χ3n) is 4.31. The maximum absolute atomic E-state index is 12.0. The van der Waals surface area contributed by atoms with Crippen molar-refractivity contribution in [1.29, 1.82) is 0 Å². The number of benzene rings is 2. The number of hydrogen-bond donors (Lipinski definition) is 1. The van der Waals surface area contributed by atoms with Crippen LogP contribution in [0.2, 0.25) is 0 Å². The van der Waals surface area contributed by atoms with Gasteiger partial charge >= 0.3 is 0 Å². The molecule has 7 heteroatoms. The fourth-order valence-electron chi connectivity index (χ4n) is 2.63. The van der Waals surface area contributed by atoms with Crippen molar-refractivity contribution in [2.45, 2.75) is 20.3 Å². The van der Waals surface area contributed by atoms with Gasteiger partial charge in [0.1, 0.15) is 11.5 Å². The van der Waals surface area contributed by atoms with Crippen LogP contribution in [0.5, 0.6) is 0 Å². The van der Waals surface area contributed by atoms with Gasteiger partial charge in [-0.25, -0.2) is 5.43 Å². The molecule has 142 valence electrons. The molecule has 0 aliphatic heterocycles. The number of carbonyl (C=O) groups is 1. The summed E-state index contributed by atoms with van der Waals surface area (Å²) in [5, 5.41) is 14.6. The van der Waals surface area contributed by atoms with E-state index < -0.39 is 4.92 Å². The number of nitrogens with one attached hydrogen (secondary N) is 1. The summed E-state index contributed by atoms with van der Waals surface area (Å²) in [6.07, 6.45) is 1.65. The van der Waals surface area contributed by atoms with Crippen molar-refractivity contribution >= 4 is 17.8 Å². The van der Waals surface area contributed by atoms with E-state index in [1.807, 2.05) is 32.0 Å². The van der Waals surface area contributed by atoms with E-state index in [1.165, 1.54) is 23.9 Å². The van der Waals surface area contributed by atoms with Gasteiger partial charge in [-0.1, -0.05) is 18.2 Å². The number of carbonyl (C=O) groups excluding carboxylic acids is 1. The normalized spacial score (nSPS) is 10.9. The molecular formula is C21H19N3O4. The first-order chi connectivity index (χ1) is 13.4. The van der Waals surface area contributed by atoms with Crippen LogP contribution in [0.25, 0.3) is 11.3 Å². The van der Waals surface area contributed by atoms with E-state index in [0.29, 0.717) is 17.1 Å². The number of nitrogens with zero attached hydrogens (tertiary/aromatic N) is 2. The molecule has 28 heavy (non-hydrogen) atoms. The fraction of sp³-hybridized carbons (Fsp3) is 0.143. The van der Waals surface area contributed by atoms with Crippen LogP contribution in [0.1, 0.15) is 22.5 Å². The maximum Gasteiger partial charge on any atom is 0.269 e. The van der Waals surface area contributed by atoms with Crippen LogP contribution in [0.15, 0.2) is 64.1 Å². The van der Waals surface area contributed by atoms with Crippen LogP contribution in [0, 0.1) is 24.0 Å². The molecule has 0 fully saturated rings. The molecule has 1 heterocycles. The van der Waals surface area contributed by atoms with Crippen LogP contribution in [0.3, 0.4) is 0 Å². The lowest BCUT2D eigenvalue weighted by Crippen LogP contribution is -2.19. The number of rotatable bonds is 6. The van der Waals surface area contributed by atoms with Crippen molar-refractivity contribution in [3.05, 3.63) is 87.2 Å². The monoisotopic (exact) mass is 377 g/mol. The third kappa shape index (κ3) is 4.70. The van der Waals surface area contributed by atoms with Crippen molar-refractivity contribution in [3.63, 3.8) is 0 Å². The predicted octanol–water partition coefficient (Wildman–Crippen LogP) is 4.16. The molecule has 2 aromatic carbocycles. The van der Waals surface area contributed by atoms with Gasteiger partial charge in [-0.15, -0.1) is 0 Å². The van der Waals surface area contributed by atoms with Crippen molar-refractivity contribution in [1.82, 2.24) is 5.43 Å². The second-order valence-corrected chi connectivity index (χ2v) is 6.39. The lowest BCUT2D eigenvalue weighted by atomic mass is 10.0. The SMILES string of the molecule is Cc1ccc(CC(=O)N/N=C\c2ccc(-c3ccc([N+](=O)[O-])cc3)o2)cc1C. The van der Waals surface area contributed by atoms with E-state index in [0.717, 1.165) is 11.1 Å². The second kappa shape index (κ2) is 8.30. The van der Waals surface area contributed by atoms with E-state index in [1.54, 1.807) is 24.3 Å². The molecule has 0 atom stereocenters. The van der Waals surface area contributed by atoms with Gasteiger partial charge in [0.05, 0.1) is 17.6 Å². The number of nitro groups is 1. The molecule has 3 aromatic rings. The number of aryl methyl sites for hydroxylation is 2. The van der Waals surface area contributed by atoms with Crippen LogP contribution in [0.4, 0.5) is 5.69 Å². The highest BCUT2D eigenvalue weighted by molar-refractivity contribution is 5.82. The lowest BCUT2D eigenvalue weighted by Gasteiger charge is -2.04. The van der Waals surface area contributed by atoms with Gasteiger partial charge in [-0.05, 0) is 54.8 Å². The number of nitro benzene ring substituents is 1. The summed E-state index contributed by atoms with van der Waals surface area (Å²) in [5.41, 5.74) is 6.46.